The van der Waals surface area contributed by atoms with Gasteiger partial charge in [-0.15, -0.1) is 0 Å². The summed E-state index contributed by atoms with van der Waals surface area (Å²) in [5.41, 5.74) is -1.56. The SMILES string of the molecule is CC(C)(C)OC(=O)N1CC(C(=O)c2ccc(C(F)(F)F)nc2)C1. The molecule has 126 valence electrons. The normalized spacial score (nSPS) is 16.0. The molecule has 0 saturated carbocycles. The zero-order valence-electron chi connectivity index (χ0n) is 13.0. The molecule has 0 N–H and O–H groups in total. The number of aromatic nitrogens is 1. The van der Waals surface area contributed by atoms with E-state index < -0.39 is 29.5 Å². The van der Waals surface area contributed by atoms with E-state index in [1.165, 1.54) is 4.90 Å². The summed E-state index contributed by atoms with van der Waals surface area (Å²) >= 11 is 0. The zero-order valence-corrected chi connectivity index (χ0v) is 13.0. The van der Waals surface area contributed by atoms with Gasteiger partial charge in [0, 0.05) is 24.8 Å². The van der Waals surface area contributed by atoms with Crippen molar-refractivity contribution in [2.75, 3.05) is 13.1 Å². The number of amides is 1. The van der Waals surface area contributed by atoms with Crippen molar-refractivity contribution in [1.82, 2.24) is 9.88 Å². The Kier molecular flexibility index (Phi) is 4.37. The van der Waals surface area contributed by atoms with Crippen LogP contribution < -0.4 is 0 Å². The van der Waals surface area contributed by atoms with E-state index in [-0.39, 0.29) is 24.4 Å². The monoisotopic (exact) mass is 330 g/mol. The van der Waals surface area contributed by atoms with Gasteiger partial charge in [0.1, 0.15) is 11.3 Å². The Morgan fingerprint density at radius 1 is 1.22 bits per heavy atom. The first-order valence-corrected chi connectivity index (χ1v) is 7.03. The maximum absolute atomic E-state index is 12.4. The molecule has 1 fully saturated rings. The van der Waals surface area contributed by atoms with E-state index in [0.29, 0.717) is 0 Å². The van der Waals surface area contributed by atoms with Crippen LogP contribution in [0.3, 0.4) is 0 Å². The second-order valence-corrected chi connectivity index (χ2v) is 6.38. The topological polar surface area (TPSA) is 59.5 Å². The van der Waals surface area contributed by atoms with Gasteiger partial charge in [0.2, 0.25) is 0 Å². The van der Waals surface area contributed by atoms with Crippen molar-refractivity contribution >= 4 is 11.9 Å². The molecule has 0 radical (unpaired) electrons. The molecule has 1 aliphatic heterocycles. The molecule has 1 aromatic heterocycles. The lowest BCUT2D eigenvalue weighted by Gasteiger charge is -2.38. The number of ether oxygens (including phenoxy) is 1. The van der Waals surface area contributed by atoms with Gasteiger partial charge in [0.05, 0.1) is 5.92 Å². The highest BCUT2D eigenvalue weighted by Crippen LogP contribution is 2.28. The third kappa shape index (κ3) is 4.20. The van der Waals surface area contributed by atoms with Gasteiger partial charge in [0.25, 0.3) is 0 Å². The standard InChI is InChI=1S/C15H17F3N2O3/c1-14(2,3)23-13(22)20-7-10(8-20)12(21)9-4-5-11(19-6-9)15(16,17)18/h4-6,10H,7-8H2,1-3H3. The molecular formula is C15H17F3N2O3. The van der Waals surface area contributed by atoms with E-state index in [2.05, 4.69) is 4.98 Å². The molecule has 1 saturated heterocycles. The van der Waals surface area contributed by atoms with Crippen LogP contribution in [-0.2, 0) is 10.9 Å². The number of ketones is 1. The first-order chi connectivity index (χ1) is 10.5. The van der Waals surface area contributed by atoms with Crippen LogP contribution >= 0.6 is 0 Å². The fraction of sp³-hybridized carbons (Fsp3) is 0.533. The van der Waals surface area contributed by atoms with Crippen LogP contribution in [0.4, 0.5) is 18.0 Å². The summed E-state index contributed by atoms with van der Waals surface area (Å²) in [5, 5.41) is 0. The molecule has 5 nitrogen and oxygen atoms in total. The summed E-state index contributed by atoms with van der Waals surface area (Å²) in [5.74, 6) is -0.771. The van der Waals surface area contributed by atoms with Gasteiger partial charge in [-0.3, -0.25) is 9.78 Å². The van der Waals surface area contributed by atoms with Crippen molar-refractivity contribution in [1.29, 1.82) is 0 Å². The fourth-order valence-corrected chi connectivity index (χ4v) is 2.06. The van der Waals surface area contributed by atoms with Crippen LogP contribution in [0.1, 0.15) is 36.8 Å². The maximum Gasteiger partial charge on any atom is 0.433 e. The number of pyridine rings is 1. The Bertz CT molecular complexity index is 600. The van der Waals surface area contributed by atoms with Crippen molar-refractivity contribution in [3.8, 4) is 0 Å². The van der Waals surface area contributed by atoms with Gasteiger partial charge >= 0.3 is 12.3 Å². The third-order valence-electron chi connectivity index (χ3n) is 3.24. The van der Waals surface area contributed by atoms with Crippen LogP contribution in [0.25, 0.3) is 0 Å². The molecule has 0 aromatic carbocycles. The van der Waals surface area contributed by atoms with Crippen LogP contribution in [0.5, 0.6) is 0 Å². The van der Waals surface area contributed by atoms with Crippen LogP contribution in [-0.4, -0.2) is 40.5 Å². The molecule has 1 amide bonds. The number of halogens is 3. The molecule has 0 aliphatic carbocycles. The van der Waals surface area contributed by atoms with E-state index >= 15 is 0 Å². The molecule has 0 spiro atoms. The largest absolute Gasteiger partial charge is 0.444 e. The van der Waals surface area contributed by atoms with Crippen LogP contribution in [0, 0.1) is 5.92 Å². The highest BCUT2D eigenvalue weighted by Gasteiger charge is 2.38. The summed E-state index contributed by atoms with van der Waals surface area (Å²) < 4.78 is 42.4. The van der Waals surface area contributed by atoms with Crippen molar-refractivity contribution in [2.24, 2.45) is 5.92 Å². The molecule has 23 heavy (non-hydrogen) atoms. The van der Waals surface area contributed by atoms with E-state index in [9.17, 15) is 22.8 Å². The Hall–Kier alpha value is -2.12. The minimum absolute atomic E-state index is 0.104. The highest BCUT2D eigenvalue weighted by molar-refractivity contribution is 5.99. The predicted molar refractivity (Wildman–Crippen MR) is 74.9 cm³/mol. The third-order valence-corrected chi connectivity index (χ3v) is 3.24. The van der Waals surface area contributed by atoms with Crippen LogP contribution in [0.2, 0.25) is 0 Å². The summed E-state index contributed by atoms with van der Waals surface area (Å²) in [7, 11) is 0. The fourth-order valence-electron chi connectivity index (χ4n) is 2.06. The van der Waals surface area contributed by atoms with Gasteiger partial charge in [-0.2, -0.15) is 13.2 Å². The lowest BCUT2D eigenvalue weighted by Crippen LogP contribution is -2.54. The van der Waals surface area contributed by atoms with Crippen molar-refractivity contribution in [3.05, 3.63) is 29.6 Å². The number of alkyl halides is 3. The molecule has 0 bridgehead atoms. The number of Topliss-reactive ketones (excluding diaryl/α,β-unsaturated/α-hetero) is 1. The molecule has 8 heteroatoms. The minimum atomic E-state index is -4.54. The maximum atomic E-state index is 12.4. The minimum Gasteiger partial charge on any atom is -0.444 e. The lowest BCUT2D eigenvalue weighted by molar-refractivity contribution is -0.141. The Morgan fingerprint density at radius 3 is 2.26 bits per heavy atom. The number of nitrogens with zero attached hydrogens (tertiary/aromatic N) is 2. The number of likely N-dealkylation sites (tertiary alicyclic amines) is 1. The lowest BCUT2D eigenvalue weighted by atomic mass is 9.92. The second kappa shape index (κ2) is 5.82. The predicted octanol–water partition coefficient (Wildman–Crippen LogP) is 3.15. The molecule has 0 atom stereocenters. The van der Waals surface area contributed by atoms with Gasteiger partial charge in [-0.05, 0) is 32.9 Å². The number of rotatable bonds is 2. The first-order valence-electron chi connectivity index (χ1n) is 7.03. The van der Waals surface area contributed by atoms with Crippen LogP contribution in [0.15, 0.2) is 18.3 Å². The molecular weight excluding hydrogens is 313 g/mol. The quantitative estimate of drug-likeness (QED) is 0.782. The average Bonchev–Trinajstić information content (AvgIpc) is 2.33. The summed E-state index contributed by atoms with van der Waals surface area (Å²) in [6.07, 6.45) is -4.13. The number of hydrogen-bond acceptors (Lipinski definition) is 4. The van der Waals surface area contributed by atoms with Gasteiger partial charge < -0.3 is 9.64 Å². The van der Waals surface area contributed by atoms with Gasteiger partial charge in [-0.1, -0.05) is 0 Å². The highest BCUT2D eigenvalue weighted by atomic mass is 19.4. The number of carbonyl (C=O) groups is 2. The summed E-state index contributed by atoms with van der Waals surface area (Å²) in [4.78, 5) is 28.5. The van der Waals surface area contributed by atoms with E-state index in [1.54, 1.807) is 20.8 Å². The molecule has 2 rings (SSSR count). The Balaban J connectivity index is 1.93. The average molecular weight is 330 g/mol. The summed E-state index contributed by atoms with van der Waals surface area (Å²) in [6, 6.07) is 1.88. The van der Waals surface area contributed by atoms with Crippen molar-refractivity contribution < 1.29 is 27.5 Å². The molecule has 2 heterocycles. The van der Waals surface area contributed by atoms with Gasteiger partial charge in [-0.25, -0.2) is 4.79 Å². The number of hydrogen-bond donors (Lipinski definition) is 0. The summed E-state index contributed by atoms with van der Waals surface area (Å²) in [6.45, 7) is 5.59. The van der Waals surface area contributed by atoms with E-state index in [4.69, 9.17) is 4.74 Å². The van der Waals surface area contributed by atoms with Crippen molar-refractivity contribution in [2.45, 2.75) is 32.5 Å². The van der Waals surface area contributed by atoms with E-state index in [1.807, 2.05) is 0 Å². The van der Waals surface area contributed by atoms with E-state index in [0.717, 1.165) is 18.3 Å². The first kappa shape index (κ1) is 17.2. The zero-order chi connectivity index (χ0) is 17.4. The Morgan fingerprint density at radius 2 is 1.83 bits per heavy atom. The van der Waals surface area contributed by atoms with Crippen molar-refractivity contribution in [3.63, 3.8) is 0 Å². The number of carbonyl (C=O) groups excluding carboxylic acids is 2. The van der Waals surface area contributed by atoms with Gasteiger partial charge in [0.15, 0.2) is 5.78 Å². The molecule has 1 aromatic rings. The second-order valence-electron chi connectivity index (χ2n) is 6.38. The molecule has 0 unspecified atom stereocenters. The smallest absolute Gasteiger partial charge is 0.433 e. The Labute approximate surface area is 131 Å². The molecule has 1 aliphatic rings.